The van der Waals surface area contributed by atoms with Gasteiger partial charge in [0, 0.05) is 6.07 Å². The van der Waals surface area contributed by atoms with Crippen LogP contribution in [0.5, 0.6) is 11.5 Å². The summed E-state index contributed by atoms with van der Waals surface area (Å²) in [4.78, 5) is 0. The minimum atomic E-state index is -0.412. The molecule has 0 spiro atoms. The van der Waals surface area contributed by atoms with Crippen LogP contribution in [-0.4, -0.2) is 14.2 Å². The number of nitrogens with two attached hydrogens (primary N) is 1. The molecule has 0 heterocycles. The minimum absolute atomic E-state index is 0.412. The number of halogens is 2. The van der Waals surface area contributed by atoms with Crippen molar-refractivity contribution in [3.05, 3.63) is 57.6 Å². The van der Waals surface area contributed by atoms with Crippen molar-refractivity contribution in [1.29, 1.82) is 0 Å². The number of rotatable bonds is 4. The van der Waals surface area contributed by atoms with E-state index < -0.39 is 6.04 Å². The fraction of sp³-hybridized carbons (Fsp3) is 0.200. The molecule has 1 atom stereocenters. The fourth-order valence-electron chi connectivity index (χ4n) is 1.95. The highest BCUT2D eigenvalue weighted by Crippen LogP contribution is 2.34. The van der Waals surface area contributed by atoms with Gasteiger partial charge in [-0.15, -0.1) is 0 Å². The fourth-order valence-corrected chi connectivity index (χ4v) is 2.37. The van der Waals surface area contributed by atoms with Gasteiger partial charge in [0.25, 0.3) is 0 Å². The van der Waals surface area contributed by atoms with Gasteiger partial charge in [-0.25, -0.2) is 0 Å². The monoisotopic (exact) mass is 311 g/mol. The molecule has 5 heteroatoms. The first-order valence-electron chi connectivity index (χ1n) is 5.99. The van der Waals surface area contributed by atoms with E-state index in [9.17, 15) is 0 Å². The Morgan fingerprint density at radius 3 is 2.15 bits per heavy atom. The summed E-state index contributed by atoms with van der Waals surface area (Å²) in [6.45, 7) is 0. The predicted octanol–water partition coefficient (Wildman–Crippen LogP) is 4.06. The standard InChI is InChI=1S/C15H15Cl2NO2/c1-19-10-6-9(7-11(8-10)20-2)15(18)12-4-3-5-13(16)14(12)17/h3-8,15H,18H2,1-2H3. The molecular formula is C15H15Cl2NO2. The molecule has 0 aliphatic carbocycles. The van der Waals surface area contributed by atoms with Crippen LogP contribution in [0.3, 0.4) is 0 Å². The lowest BCUT2D eigenvalue weighted by atomic mass is 9.99. The molecule has 0 saturated heterocycles. The van der Waals surface area contributed by atoms with Crippen LogP contribution in [0.2, 0.25) is 10.0 Å². The van der Waals surface area contributed by atoms with Gasteiger partial charge in [-0.3, -0.25) is 0 Å². The second kappa shape index (κ2) is 6.35. The summed E-state index contributed by atoms with van der Waals surface area (Å²) in [5.74, 6) is 1.35. The number of hydrogen-bond acceptors (Lipinski definition) is 3. The van der Waals surface area contributed by atoms with E-state index in [1.54, 1.807) is 26.4 Å². The average molecular weight is 312 g/mol. The van der Waals surface area contributed by atoms with Crippen LogP contribution < -0.4 is 15.2 Å². The van der Waals surface area contributed by atoms with Crippen molar-refractivity contribution in [2.24, 2.45) is 5.73 Å². The third kappa shape index (κ3) is 3.01. The minimum Gasteiger partial charge on any atom is -0.497 e. The molecule has 2 aromatic rings. The van der Waals surface area contributed by atoms with E-state index in [0.29, 0.717) is 21.5 Å². The van der Waals surface area contributed by atoms with Crippen molar-refractivity contribution in [3.63, 3.8) is 0 Å². The van der Waals surface area contributed by atoms with E-state index >= 15 is 0 Å². The summed E-state index contributed by atoms with van der Waals surface area (Å²) in [6.07, 6.45) is 0. The van der Waals surface area contributed by atoms with Crippen LogP contribution in [0, 0.1) is 0 Å². The van der Waals surface area contributed by atoms with Crippen molar-refractivity contribution < 1.29 is 9.47 Å². The van der Waals surface area contributed by atoms with Gasteiger partial charge < -0.3 is 15.2 Å². The second-order valence-corrected chi connectivity index (χ2v) is 5.05. The van der Waals surface area contributed by atoms with Gasteiger partial charge in [-0.05, 0) is 29.3 Å². The number of benzene rings is 2. The summed E-state index contributed by atoms with van der Waals surface area (Å²) < 4.78 is 10.5. The Kier molecular flexibility index (Phi) is 4.76. The predicted molar refractivity (Wildman–Crippen MR) is 82.0 cm³/mol. The maximum Gasteiger partial charge on any atom is 0.122 e. The molecule has 0 radical (unpaired) electrons. The van der Waals surface area contributed by atoms with Gasteiger partial charge in [0.1, 0.15) is 11.5 Å². The summed E-state index contributed by atoms with van der Waals surface area (Å²) in [5.41, 5.74) is 7.88. The van der Waals surface area contributed by atoms with Gasteiger partial charge in [0.2, 0.25) is 0 Å². The van der Waals surface area contributed by atoms with Crippen LogP contribution in [0.15, 0.2) is 36.4 Å². The molecule has 0 aliphatic heterocycles. The largest absolute Gasteiger partial charge is 0.497 e. The first-order chi connectivity index (χ1) is 9.56. The van der Waals surface area contributed by atoms with Crippen molar-refractivity contribution in [2.75, 3.05) is 14.2 Å². The molecule has 0 bridgehead atoms. The van der Waals surface area contributed by atoms with E-state index in [1.165, 1.54) is 0 Å². The highest BCUT2D eigenvalue weighted by molar-refractivity contribution is 6.42. The molecule has 106 valence electrons. The molecule has 0 saturated carbocycles. The Balaban J connectivity index is 2.47. The molecule has 0 amide bonds. The van der Waals surface area contributed by atoms with E-state index in [1.807, 2.05) is 24.3 Å². The van der Waals surface area contributed by atoms with E-state index in [-0.39, 0.29) is 0 Å². The van der Waals surface area contributed by atoms with E-state index in [0.717, 1.165) is 11.1 Å². The zero-order valence-electron chi connectivity index (χ0n) is 11.2. The average Bonchev–Trinajstić information content (AvgIpc) is 2.48. The molecule has 3 nitrogen and oxygen atoms in total. The van der Waals surface area contributed by atoms with Crippen molar-refractivity contribution in [3.8, 4) is 11.5 Å². The van der Waals surface area contributed by atoms with E-state index in [4.69, 9.17) is 38.4 Å². The van der Waals surface area contributed by atoms with Crippen molar-refractivity contribution in [1.82, 2.24) is 0 Å². The first kappa shape index (κ1) is 15.0. The van der Waals surface area contributed by atoms with Gasteiger partial charge in [0.05, 0.1) is 30.3 Å². The van der Waals surface area contributed by atoms with Crippen LogP contribution >= 0.6 is 23.2 Å². The zero-order valence-corrected chi connectivity index (χ0v) is 12.7. The van der Waals surface area contributed by atoms with Gasteiger partial charge in [-0.1, -0.05) is 35.3 Å². The van der Waals surface area contributed by atoms with Gasteiger partial charge in [0.15, 0.2) is 0 Å². The lowest BCUT2D eigenvalue weighted by molar-refractivity contribution is 0.393. The zero-order chi connectivity index (χ0) is 14.7. The molecule has 0 aliphatic rings. The second-order valence-electron chi connectivity index (χ2n) is 4.27. The van der Waals surface area contributed by atoms with Crippen LogP contribution in [0.1, 0.15) is 17.2 Å². The number of hydrogen-bond donors (Lipinski definition) is 1. The molecule has 2 N–H and O–H groups in total. The highest BCUT2D eigenvalue weighted by Gasteiger charge is 2.16. The molecular weight excluding hydrogens is 297 g/mol. The number of methoxy groups -OCH3 is 2. The Morgan fingerprint density at radius 1 is 1.00 bits per heavy atom. The first-order valence-corrected chi connectivity index (χ1v) is 6.75. The lowest BCUT2D eigenvalue weighted by Crippen LogP contribution is -2.12. The maximum atomic E-state index is 6.28. The van der Waals surface area contributed by atoms with Gasteiger partial charge >= 0.3 is 0 Å². The topological polar surface area (TPSA) is 44.5 Å². The number of ether oxygens (including phenoxy) is 2. The Bertz CT molecular complexity index is 595. The summed E-state index contributed by atoms with van der Waals surface area (Å²) in [5, 5.41) is 0.943. The van der Waals surface area contributed by atoms with Crippen LogP contribution in [0.4, 0.5) is 0 Å². The molecule has 2 rings (SSSR count). The molecule has 0 aromatic heterocycles. The molecule has 0 fully saturated rings. The molecule has 1 unspecified atom stereocenters. The normalized spacial score (nSPS) is 12.1. The summed E-state index contributed by atoms with van der Waals surface area (Å²) in [7, 11) is 3.19. The molecule has 2 aromatic carbocycles. The van der Waals surface area contributed by atoms with Crippen molar-refractivity contribution in [2.45, 2.75) is 6.04 Å². The lowest BCUT2D eigenvalue weighted by Gasteiger charge is -2.17. The Labute approximate surface area is 128 Å². The smallest absolute Gasteiger partial charge is 0.122 e. The third-order valence-electron chi connectivity index (χ3n) is 3.05. The highest BCUT2D eigenvalue weighted by atomic mass is 35.5. The summed E-state index contributed by atoms with van der Waals surface area (Å²) in [6, 6.07) is 10.5. The quantitative estimate of drug-likeness (QED) is 0.926. The van der Waals surface area contributed by atoms with E-state index in [2.05, 4.69) is 0 Å². The maximum absolute atomic E-state index is 6.28. The molecule has 20 heavy (non-hydrogen) atoms. The third-order valence-corrected chi connectivity index (χ3v) is 3.88. The van der Waals surface area contributed by atoms with Crippen molar-refractivity contribution >= 4 is 23.2 Å². The Hall–Kier alpha value is -1.42. The summed E-state index contributed by atoms with van der Waals surface area (Å²) >= 11 is 12.2. The SMILES string of the molecule is COc1cc(OC)cc(C(N)c2cccc(Cl)c2Cl)c1. The van der Waals surface area contributed by atoms with Crippen LogP contribution in [0.25, 0.3) is 0 Å². The Morgan fingerprint density at radius 2 is 1.60 bits per heavy atom. The van der Waals surface area contributed by atoms with Gasteiger partial charge in [-0.2, -0.15) is 0 Å². The van der Waals surface area contributed by atoms with Crippen LogP contribution in [-0.2, 0) is 0 Å².